The highest BCUT2D eigenvalue weighted by molar-refractivity contribution is 6.31. The summed E-state index contributed by atoms with van der Waals surface area (Å²) in [7, 11) is 0. The largest absolute Gasteiger partial charge is 0.370 e. The average Bonchev–Trinajstić information content (AvgIpc) is 3.52. The number of anilines is 1. The van der Waals surface area contributed by atoms with Crippen molar-refractivity contribution < 1.29 is 14.5 Å². The summed E-state index contributed by atoms with van der Waals surface area (Å²) in [6.45, 7) is 1.39. The fraction of sp³-hybridized carbons (Fsp3) is 0.350. The minimum atomic E-state index is -0.441. The third kappa shape index (κ3) is 3.95. The number of halogens is 1. The molecule has 1 heterocycles. The number of rotatable bonds is 5. The molecule has 7 nitrogen and oxygen atoms in total. The molecule has 8 heteroatoms. The zero-order chi connectivity index (χ0) is 19.7. The highest BCUT2D eigenvalue weighted by Gasteiger charge is 2.29. The zero-order valence-electron chi connectivity index (χ0n) is 15.1. The highest BCUT2D eigenvalue weighted by atomic mass is 35.5. The lowest BCUT2D eigenvalue weighted by Gasteiger charge is -2.34. The lowest BCUT2D eigenvalue weighted by molar-refractivity contribution is -0.384. The Morgan fingerprint density at radius 1 is 1.25 bits per heavy atom. The Kier molecular flexibility index (Phi) is 5.19. The molecule has 1 atom stereocenters. The van der Waals surface area contributed by atoms with Gasteiger partial charge in [0.15, 0.2) is 0 Å². The van der Waals surface area contributed by atoms with E-state index < -0.39 is 4.92 Å². The number of nitrogens with zero attached hydrogens (tertiary/aromatic N) is 2. The molecule has 4 rings (SSSR count). The van der Waals surface area contributed by atoms with Crippen LogP contribution in [0.1, 0.15) is 34.9 Å². The van der Waals surface area contributed by atoms with Gasteiger partial charge >= 0.3 is 0 Å². The molecule has 28 heavy (non-hydrogen) atoms. The van der Waals surface area contributed by atoms with Crippen LogP contribution in [0.5, 0.6) is 0 Å². The minimum absolute atomic E-state index is 0.0803. The molecule has 0 radical (unpaired) electrons. The summed E-state index contributed by atoms with van der Waals surface area (Å²) in [4.78, 5) is 25.4. The first-order chi connectivity index (χ1) is 13.5. The molecule has 0 spiro atoms. The monoisotopic (exact) mass is 401 g/mol. The van der Waals surface area contributed by atoms with E-state index in [-0.39, 0.29) is 23.7 Å². The summed E-state index contributed by atoms with van der Waals surface area (Å²) < 4.78 is 5.85. The van der Waals surface area contributed by atoms with Gasteiger partial charge in [-0.05, 0) is 31.0 Å². The number of nitro benzene ring substituents is 1. The van der Waals surface area contributed by atoms with Gasteiger partial charge in [0.1, 0.15) is 11.8 Å². The van der Waals surface area contributed by atoms with Gasteiger partial charge in [0.2, 0.25) is 0 Å². The second-order valence-corrected chi connectivity index (χ2v) is 7.44. The van der Waals surface area contributed by atoms with Crippen LogP contribution >= 0.6 is 11.6 Å². The molecule has 2 aromatic rings. The Morgan fingerprint density at radius 2 is 2.04 bits per heavy atom. The molecule has 1 amide bonds. The molecule has 1 aliphatic carbocycles. The standard InChI is InChI=1S/C20H20ClN3O4/c21-16-4-2-1-3-15(16)19-12-23(9-10-28-19)17-8-5-13(11-18(17)24(26)27)20(25)22-14-6-7-14/h1-5,8,11,14,19H,6-7,9-10,12H2,(H,22,25). The lowest BCUT2D eigenvalue weighted by Crippen LogP contribution is -2.38. The summed E-state index contributed by atoms with van der Waals surface area (Å²) in [6, 6.07) is 12.3. The average molecular weight is 402 g/mol. The van der Waals surface area contributed by atoms with E-state index in [9.17, 15) is 14.9 Å². The first kappa shape index (κ1) is 18.7. The second kappa shape index (κ2) is 7.77. The van der Waals surface area contributed by atoms with E-state index in [1.165, 1.54) is 6.07 Å². The van der Waals surface area contributed by atoms with Crippen molar-refractivity contribution in [2.24, 2.45) is 0 Å². The summed E-state index contributed by atoms with van der Waals surface area (Å²) in [5.41, 5.74) is 1.56. The van der Waals surface area contributed by atoms with Crippen molar-refractivity contribution in [3.8, 4) is 0 Å². The van der Waals surface area contributed by atoms with Crippen LogP contribution in [-0.2, 0) is 4.74 Å². The van der Waals surface area contributed by atoms with Gasteiger partial charge in [-0.3, -0.25) is 14.9 Å². The van der Waals surface area contributed by atoms with Crippen molar-refractivity contribution in [2.75, 3.05) is 24.6 Å². The van der Waals surface area contributed by atoms with Crippen molar-refractivity contribution in [1.29, 1.82) is 0 Å². The molecule has 2 aromatic carbocycles. The van der Waals surface area contributed by atoms with Gasteiger partial charge in [0.05, 0.1) is 11.5 Å². The summed E-state index contributed by atoms with van der Waals surface area (Å²) in [6.07, 6.45) is 1.64. The quantitative estimate of drug-likeness (QED) is 0.609. The zero-order valence-corrected chi connectivity index (χ0v) is 15.9. The molecule has 1 unspecified atom stereocenters. The Balaban J connectivity index is 1.59. The van der Waals surface area contributed by atoms with Crippen molar-refractivity contribution in [2.45, 2.75) is 25.0 Å². The number of carbonyl (C=O) groups is 1. The van der Waals surface area contributed by atoms with Gasteiger partial charge in [-0.2, -0.15) is 0 Å². The van der Waals surface area contributed by atoms with Crippen LogP contribution in [0.25, 0.3) is 0 Å². The second-order valence-electron chi connectivity index (χ2n) is 7.04. The Hall–Kier alpha value is -2.64. The van der Waals surface area contributed by atoms with Crippen LogP contribution < -0.4 is 10.2 Å². The Labute approximate surface area is 167 Å². The van der Waals surface area contributed by atoms with E-state index in [1.54, 1.807) is 18.2 Å². The molecular weight excluding hydrogens is 382 g/mol. The fourth-order valence-corrected chi connectivity index (χ4v) is 3.62. The smallest absolute Gasteiger partial charge is 0.293 e. The van der Waals surface area contributed by atoms with E-state index >= 15 is 0 Å². The summed E-state index contributed by atoms with van der Waals surface area (Å²) in [5.74, 6) is -0.270. The third-order valence-corrected chi connectivity index (χ3v) is 5.35. The van der Waals surface area contributed by atoms with E-state index in [0.717, 1.165) is 18.4 Å². The van der Waals surface area contributed by atoms with E-state index in [2.05, 4.69) is 5.32 Å². The van der Waals surface area contributed by atoms with Crippen LogP contribution in [-0.4, -0.2) is 36.6 Å². The van der Waals surface area contributed by atoms with Crippen molar-refractivity contribution in [3.63, 3.8) is 0 Å². The van der Waals surface area contributed by atoms with E-state index in [4.69, 9.17) is 16.3 Å². The number of hydrogen-bond donors (Lipinski definition) is 1. The molecule has 1 saturated heterocycles. The van der Waals surface area contributed by atoms with Gasteiger partial charge in [0, 0.05) is 41.3 Å². The number of ether oxygens (including phenoxy) is 1. The topological polar surface area (TPSA) is 84.7 Å². The number of amides is 1. The van der Waals surface area contributed by atoms with Gasteiger partial charge in [0.25, 0.3) is 11.6 Å². The number of nitrogens with one attached hydrogen (secondary N) is 1. The maximum absolute atomic E-state index is 12.3. The minimum Gasteiger partial charge on any atom is -0.370 e. The van der Waals surface area contributed by atoms with Crippen LogP contribution in [0.3, 0.4) is 0 Å². The molecule has 1 aliphatic heterocycles. The molecule has 146 valence electrons. The first-order valence-corrected chi connectivity index (χ1v) is 9.61. The van der Waals surface area contributed by atoms with Crippen LogP contribution in [0.2, 0.25) is 5.02 Å². The molecule has 1 N–H and O–H groups in total. The van der Waals surface area contributed by atoms with Crippen molar-refractivity contribution in [3.05, 3.63) is 68.7 Å². The van der Waals surface area contributed by atoms with E-state index in [1.807, 2.05) is 23.1 Å². The Morgan fingerprint density at radius 3 is 2.75 bits per heavy atom. The summed E-state index contributed by atoms with van der Waals surface area (Å²) >= 11 is 6.28. The maximum Gasteiger partial charge on any atom is 0.293 e. The van der Waals surface area contributed by atoms with Crippen LogP contribution in [0.4, 0.5) is 11.4 Å². The van der Waals surface area contributed by atoms with Gasteiger partial charge in [-0.1, -0.05) is 29.8 Å². The van der Waals surface area contributed by atoms with Crippen molar-refractivity contribution in [1.82, 2.24) is 5.32 Å². The number of nitro groups is 1. The Bertz CT molecular complexity index is 916. The molecule has 0 bridgehead atoms. The number of carbonyl (C=O) groups excluding carboxylic acids is 1. The van der Waals surface area contributed by atoms with Gasteiger partial charge in [-0.25, -0.2) is 0 Å². The van der Waals surface area contributed by atoms with Crippen molar-refractivity contribution >= 4 is 28.9 Å². The third-order valence-electron chi connectivity index (χ3n) is 5.01. The fourth-order valence-electron chi connectivity index (χ4n) is 3.37. The molecular formula is C20H20ClN3O4. The van der Waals surface area contributed by atoms with Crippen LogP contribution in [0, 0.1) is 10.1 Å². The van der Waals surface area contributed by atoms with Crippen LogP contribution in [0.15, 0.2) is 42.5 Å². The molecule has 1 saturated carbocycles. The van der Waals surface area contributed by atoms with Gasteiger partial charge < -0.3 is 15.0 Å². The SMILES string of the molecule is O=C(NC1CC1)c1ccc(N2CCOC(c3ccccc3Cl)C2)c([N+](=O)[O-])c1. The summed E-state index contributed by atoms with van der Waals surface area (Å²) in [5, 5.41) is 15.1. The molecule has 0 aromatic heterocycles. The molecule has 2 fully saturated rings. The predicted molar refractivity (Wildman–Crippen MR) is 106 cm³/mol. The number of morpholine rings is 1. The number of benzene rings is 2. The predicted octanol–water partition coefficient (Wildman–Crippen LogP) is 3.72. The normalized spacial score (nSPS) is 19.3. The van der Waals surface area contributed by atoms with Gasteiger partial charge in [-0.15, -0.1) is 0 Å². The first-order valence-electron chi connectivity index (χ1n) is 9.23. The maximum atomic E-state index is 12.3. The van der Waals surface area contributed by atoms with E-state index in [0.29, 0.717) is 36.0 Å². The number of hydrogen-bond acceptors (Lipinski definition) is 5. The highest BCUT2D eigenvalue weighted by Crippen LogP contribution is 2.35. The molecule has 2 aliphatic rings. The lowest BCUT2D eigenvalue weighted by atomic mass is 10.1.